The lowest BCUT2D eigenvalue weighted by atomic mass is 10.0. The quantitative estimate of drug-likeness (QED) is 0.170. The fraction of sp³-hybridized carbons (Fsp3) is 0.556. The first-order valence-corrected chi connectivity index (χ1v) is 9.73. The number of alkyl halides is 1. The van der Waals surface area contributed by atoms with E-state index in [1.807, 2.05) is 12.1 Å². The maximum absolute atomic E-state index is 12.4. The lowest BCUT2D eigenvalue weighted by molar-refractivity contribution is -0.117. The van der Waals surface area contributed by atoms with Gasteiger partial charge in [-0.25, -0.2) is 0 Å². The van der Waals surface area contributed by atoms with Crippen molar-refractivity contribution in [3.63, 3.8) is 0 Å². The van der Waals surface area contributed by atoms with Gasteiger partial charge in [-0.1, -0.05) is 54.3 Å². The first kappa shape index (κ1) is 21.0. The van der Waals surface area contributed by atoms with Gasteiger partial charge in [0.2, 0.25) is 5.91 Å². The monoisotopic (exact) mass is 416 g/mol. The van der Waals surface area contributed by atoms with Crippen molar-refractivity contribution in [3.8, 4) is 0 Å². The van der Waals surface area contributed by atoms with E-state index in [9.17, 15) is 4.79 Å². The van der Waals surface area contributed by atoms with E-state index in [1.165, 1.54) is 0 Å². The van der Waals surface area contributed by atoms with E-state index in [0.717, 1.165) is 53.4 Å². The molecule has 0 unspecified atom stereocenters. The van der Waals surface area contributed by atoms with Crippen LogP contribution in [0.25, 0.3) is 0 Å². The normalized spacial score (nSPS) is 11.0. The van der Waals surface area contributed by atoms with Crippen LogP contribution in [-0.2, 0) is 22.5 Å². The first-order chi connectivity index (χ1) is 11.6. The summed E-state index contributed by atoms with van der Waals surface area (Å²) in [7, 11) is 0. The minimum absolute atomic E-state index is 0.0602. The van der Waals surface area contributed by atoms with Crippen LogP contribution in [-0.4, -0.2) is 24.7 Å². The molecule has 0 heterocycles. The largest absolute Gasteiger partial charge is 0.374 e. The van der Waals surface area contributed by atoms with Crippen LogP contribution in [0.2, 0.25) is 0 Å². The van der Waals surface area contributed by atoms with Crippen LogP contribution in [0.1, 0.15) is 51.2 Å². The average Bonchev–Trinajstić information content (AvgIpc) is 2.60. The Bertz CT molecular complexity index is 564. The van der Waals surface area contributed by atoms with Crippen molar-refractivity contribution < 1.29 is 9.63 Å². The molecule has 0 bridgehead atoms. The van der Waals surface area contributed by atoms with Crippen molar-refractivity contribution in [1.29, 1.82) is 0 Å². The Hall–Kier alpha value is -1.07. The van der Waals surface area contributed by atoms with Gasteiger partial charge in [-0.05, 0) is 42.9 Å². The molecule has 0 spiro atoms. The molecule has 1 aromatic rings. The maximum Gasteiger partial charge on any atom is 0.244 e. The molecule has 0 saturated heterocycles. The van der Waals surface area contributed by atoms with E-state index in [-0.39, 0.29) is 18.5 Å². The van der Waals surface area contributed by atoms with Crippen molar-refractivity contribution in [3.05, 3.63) is 27.7 Å². The third-order valence-electron chi connectivity index (χ3n) is 3.75. The Morgan fingerprint density at radius 1 is 1.33 bits per heavy atom. The van der Waals surface area contributed by atoms with Gasteiger partial charge in [0.05, 0.1) is 5.69 Å². The number of oxime groups is 1. The van der Waals surface area contributed by atoms with Crippen LogP contribution in [0.3, 0.4) is 0 Å². The fourth-order valence-corrected chi connectivity index (χ4v) is 3.19. The Morgan fingerprint density at radius 3 is 2.67 bits per heavy atom. The molecule has 0 aliphatic carbocycles. The van der Waals surface area contributed by atoms with Crippen LogP contribution in [0.15, 0.2) is 21.8 Å². The maximum atomic E-state index is 12.4. The third kappa shape index (κ3) is 5.78. The molecule has 0 fully saturated rings. The summed E-state index contributed by atoms with van der Waals surface area (Å²) in [4.78, 5) is 19.3. The van der Waals surface area contributed by atoms with Crippen LogP contribution in [0, 0.1) is 0 Å². The van der Waals surface area contributed by atoms with E-state index in [4.69, 9.17) is 16.4 Å². The Balaban J connectivity index is 3.06. The smallest absolute Gasteiger partial charge is 0.244 e. The highest BCUT2D eigenvalue weighted by molar-refractivity contribution is 9.10. The molecule has 0 atom stereocenters. The molecule has 0 aromatic heterocycles. The Labute approximate surface area is 158 Å². The number of anilines is 1. The lowest BCUT2D eigenvalue weighted by Gasteiger charge is -2.26. The van der Waals surface area contributed by atoms with Crippen molar-refractivity contribution in [2.45, 2.75) is 52.9 Å². The molecule has 6 heteroatoms. The highest BCUT2D eigenvalue weighted by Crippen LogP contribution is 2.33. The second kappa shape index (κ2) is 11.5. The van der Waals surface area contributed by atoms with E-state index >= 15 is 0 Å². The summed E-state index contributed by atoms with van der Waals surface area (Å²) in [5, 5.41) is 3.95. The van der Waals surface area contributed by atoms with Gasteiger partial charge >= 0.3 is 0 Å². The van der Waals surface area contributed by atoms with E-state index in [0.29, 0.717) is 0 Å². The van der Waals surface area contributed by atoms with Crippen molar-refractivity contribution >= 4 is 45.3 Å². The second-order valence-electron chi connectivity index (χ2n) is 5.38. The molecule has 24 heavy (non-hydrogen) atoms. The number of carbonyl (C=O) groups is 1. The van der Waals surface area contributed by atoms with Gasteiger partial charge in [-0.2, -0.15) is 0 Å². The van der Waals surface area contributed by atoms with Crippen LogP contribution < -0.4 is 4.90 Å². The summed E-state index contributed by atoms with van der Waals surface area (Å²) >= 11 is 9.39. The molecule has 1 amide bonds. The molecule has 4 nitrogen and oxygen atoms in total. The molecule has 134 valence electrons. The van der Waals surface area contributed by atoms with Gasteiger partial charge in [0.1, 0.15) is 5.88 Å². The number of hydrogen-bond acceptors (Lipinski definition) is 3. The molecule has 0 N–H and O–H groups in total. The van der Waals surface area contributed by atoms with Crippen molar-refractivity contribution in [2.75, 3.05) is 17.5 Å². The van der Waals surface area contributed by atoms with Gasteiger partial charge in [0.15, 0.2) is 6.73 Å². The molecule has 0 saturated carbocycles. The molecular weight excluding hydrogens is 392 g/mol. The summed E-state index contributed by atoms with van der Waals surface area (Å²) < 4.78 is 0.982. The Kier molecular flexibility index (Phi) is 10.0. The van der Waals surface area contributed by atoms with Gasteiger partial charge in [0, 0.05) is 10.7 Å². The first-order valence-electron chi connectivity index (χ1n) is 8.40. The zero-order valence-electron chi connectivity index (χ0n) is 14.6. The summed E-state index contributed by atoms with van der Waals surface area (Å²) in [6, 6.07) is 4.05. The Morgan fingerprint density at radius 2 is 2.08 bits per heavy atom. The highest BCUT2D eigenvalue weighted by Gasteiger charge is 2.22. The standard InChI is InChI=1S/C18H26BrClN2O2/c1-4-7-8-11-21-24-13-22(17(23)12-20)18-14(5-2)9-10-16(19)15(18)6-3/h9-11H,4-8,12-13H2,1-3H3/b21-11-. The molecule has 0 aliphatic heterocycles. The topological polar surface area (TPSA) is 41.9 Å². The average molecular weight is 418 g/mol. The molecule has 1 rings (SSSR count). The van der Waals surface area contributed by atoms with Crippen molar-refractivity contribution in [1.82, 2.24) is 0 Å². The van der Waals surface area contributed by atoms with Gasteiger partial charge < -0.3 is 4.84 Å². The van der Waals surface area contributed by atoms with Crippen LogP contribution in [0.5, 0.6) is 0 Å². The van der Waals surface area contributed by atoms with E-state index in [2.05, 4.69) is 41.9 Å². The third-order valence-corrected chi connectivity index (χ3v) is 4.72. The zero-order valence-corrected chi connectivity index (χ0v) is 17.0. The lowest BCUT2D eigenvalue weighted by Crippen LogP contribution is -2.35. The van der Waals surface area contributed by atoms with Crippen LogP contribution >= 0.6 is 27.5 Å². The minimum atomic E-state index is -0.192. The SMILES string of the molecule is CCCC/C=N\OCN(C(=O)CCl)c1c(CC)ccc(Br)c1CC. The summed E-state index contributed by atoms with van der Waals surface area (Å²) in [6.07, 6.45) is 6.42. The van der Waals surface area contributed by atoms with Gasteiger partial charge in [-0.15, -0.1) is 11.6 Å². The number of nitrogens with zero attached hydrogens (tertiary/aromatic N) is 2. The molecular formula is C18H26BrClN2O2. The summed E-state index contributed by atoms with van der Waals surface area (Å²) in [5.74, 6) is -0.287. The zero-order chi connectivity index (χ0) is 17.9. The van der Waals surface area contributed by atoms with Crippen LogP contribution in [0.4, 0.5) is 5.69 Å². The number of amides is 1. The van der Waals surface area contributed by atoms with Crippen molar-refractivity contribution in [2.24, 2.45) is 5.16 Å². The fourth-order valence-electron chi connectivity index (χ4n) is 2.44. The van der Waals surface area contributed by atoms with E-state index in [1.54, 1.807) is 11.1 Å². The summed E-state index contributed by atoms with van der Waals surface area (Å²) in [5.41, 5.74) is 3.04. The number of hydrogen-bond donors (Lipinski definition) is 0. The number of aryl methyl sites for hydroxylation is 1. The highest BCUT2D eigenvalue weighted by atomic mass is 79.9. The van der Waals surface area contributed by atoms with E-state index < -0.39 is 0 Å². The summed E-state index contributed by atoms with van der Waals surface area (Å²) in [6.45, 7) is 6.32. The number of carbonyl (C=O) groups excluding carboxylic acids is 1. The predicted molar refractivity (Wildman–Crippen MR) is 105 cm³/mol. The molecule has 1 aromatic carbocycles. The van der Waals surface area contributed by atoms with Gasteiger partial charge in [-0.3, -0.25) is 9.69 Å². The predicted octanol–water partition coefficient (Wildman–Crippen LogP) is 5.30. The number of halogens is 2. The number of benzene rings is 1. The number of rotatable bonds is 10. The molecule has 0 radical (unpaired) electrons. The minimum Gasteiger partial charge on any atom is -0.374 e. The number of unbranched alkanes of at least 4 members (excludes halogenated alkanes) is 2. The second-order valence-corrected chi connectivity index (χ2v) is 6.51. The van der Waals surface area contributed by atoms with Gasteiger partial charge in [0.25, 0.3) is 0 Å². The molecule has 0 aliphatic rings.